The third-order valence-corrected chi connectivity index (χ3v) is 3.82. The lowest BCUT2D eigenvalue weighted by Gasteiger charge is -2.30. The van der Waals surface area contributed by atoms with Gasteiger partial charge in [-0.05, 0) is 55.0 Å². The Balaban J connectivity index is 2.10. The van der Waals surface area contributed by atoms with Gasteiger partial charge in [-0.3, -0.25) is 14.8 Å². The minimum atomic E-state index is -3.36. The zero-order valence-corrected chi connectivity index (χ0v) is 15.1. The van der Waals surface area contributed by atoms with Gasteiger partial charge in [-0.1, -0.05) is 5.92 Å². The molecule has 1 unspecified atom stereocenters. The molecule has 0 aliphatic heterocycles. The number of hydrogen-bond donors (Lipinski definition) is 4. The highest BCUT2D eigenvalue weighted by Crippen LogP contribution is 2.20. The monoisotopic (exact) mass is 402 g/mol. The summed E-state index contributed by atoms with van der Waals surface area (Å²) in [5.41, 5.74) is -0.518. The Kier molecular flexibility index (Phi) is 7.10. The van der Waals surface area contributed by atoms with E-state index in [1.165, 1.54) is 36.8 Å². The SMILES string of the molecule is CC(O)(C(F)F)[C@H](NC(=O)c1ccc(C#CC#Cc2ccoc2)cc1)C(=O)NO. The normalized spacial score (nSPS) is 13.2. The molecule has 2 rings (SSSR count). The number of hydrogen-bond acceptors (Lipinski definition) is 5. The molecule has 0 spiro atoms. The van der Waals surface area contributed by atoms with Crippen LogP contribution < -0.4 is 10.8 Å². The molecule has 1 heterocycles. The maximum atomic E-state index is 13.0. The van der Waals surface area contributed by atoms with Crippen molar-refractivity contribution in [1.82, 2.24) is 10.8 Å². The van der Waals surface area contributed by atoms with Crippen LogP contribution in [-0.4, -0.2) is 40.2 Å². The molecule has 1 aromatic heterocycles. The molecule has 2 amide bonds. The molecule has 0 saturated carbocycles. The fourth-order valence-electron chi connectivity index (χ4n) is 2.13. The molecule has 0 fully saturated rings. The van der Waals surface area contributed by atoms with Crippen LogP contribution in [0.4, 0.5) is 8.78 Å². The van der Waals surface area contributed by atoms with Crippen molar-refractivity contribution in [3.8, 4) is 23.7 Å². The van der Waals surface area contributed by atoms with Crippen LogP contribution in [0.15, 0.2) is 47.3 Å². The lowest BCUT2D eigenvalue weighted by atomic mass is 9.95. The van der Waals surface area contributed by atoms with Crippen LogP contribution in [0.1, 0.15) is 28.4 Å². The topological polar surface area (TPSA) is 112 Å². The fourth-order valence-corrected chi connectivity index (χ4v) is 2.13. The first-order valence-corrected chi connectivity index (χ1v) is 8.15. The smallest absolute Gasteiger partial charge is 0.269 e. The van der Waals surface area contributed by atoms with E-state index in [-0.39, 0.29) is 5.56 Å². The van der Waals surface area contributed by atoms with Crippen LogP contribution in [0.3, 0.4) is 0 Å². The van der Waals surface area contributed by atoms with Crippen LogP contribution >= 0.6 is 0 Å². The third-order valence-electron chi connectivity index (χ3n) is 3.82. The highest BCUT2D eigenvalue weighted by atomic mass is 19.3. The second-order valence-electron chi connectivity index (χ2n) is 6.00. The molecule has 9 heteroatoms. The number of amides is 2. The molecule has 2 aromatic rings. The van der Waals surface area contributed by atoms with Gasteiger partial charge in [0.05, 0.1) is 11.8 Å². The first-order chi connectivity index (χ1) is 13.8. The molecule has 29 heavy (non-hydrogen) atoms. The van der Waals surface area contributed by atoms with Gasteiger partial charge in [0, 0.05) is 11.1 Å². The minimum absolute atomic E-state index is 0.0286. The molecule has 2 atom stereocenters. The van der Waals surface area contributed by atoms with E-state index in [1.807, 2.05) is 5.32 Å². The lowest BCUT2D eigenvalue weighted by Crippen LogP contribution is -2.61. The van der Waals surface area contributed by atoms with Crippen molar-refractivity contribution in [2.24, 2.45) is 0 Å². The summed E-state index contributed by atoms with van der Waals surface area (Å²) in [7, 11) is 0. The Labute approximate surface area is 164 Å². The number of benzene rings is 1. The summed E-state index contributed by atoms with van der Waals surface area (Å²) in [5, 5.41) is 20.5. The molecule has 7 nitrogen and oxygen atoms in total. The van der Waals surface area contributed by atoms with Gasteiger partial charge < -0.3 is 14.8 Å². The zero-order chi connectivity index (χ0) is 21.4. The Hall–Kier alpha value is -3.66. The summed E-state index contributed by atoms with van der Waals surface area (Å²) in [6.45, 7) is 0.668. The number of furan rings is 1. The standard InChI is InChI=1S/C20H16F2N2O5/c1-20(27,19(21)22)16(18(26)24-28)23-17(25)15-8-6-13(7-9-15)4-2-3-5-14-10-11-29-12-14/h6-12,16,19,27-28H,1H3,(H,23,25)(H,24,26)/t16-,20?/m1/s1. The zero-order valence-electron chi connectivity index (χ0n) is 15.1. The highest BCUT2D eigenvalue weighted by molar-refractivity contribution is 5.97. The average Bonchev–Trinajstić information content (AvgIpc) is 3.22. The lowest BCUT2D eigenvalue weighted by molar-refractivity contribution is -0.149. The van der Waals surface area contributed by atoms with Crippen molar-refractivity contribution in [1.29, 1.82) is 0 Å². The highest BCUT2D eigenvalue weighted by Gasteiger charge is 2.46. The number of halogens is 2. The van der Waals surface area contributed by atoms with E-state index in [0.717, 1.165) is 5.48 Å². The van der Waals surface area contributed by atoms with Crippen molar-refractivity contribution >= 4 is 11.8 Å². The van der Waals surface area contributed by atoms with Crippen LogP contribution in [-0.2, 0) is 4.79 Å². The largest absolute Gasteiger partial charge is 0.471 e. The molecule has 0 aliphatic carbocycles. The van der Waals surface area contributed by atoms with Crippen LogP contribution in [0, 0.1) is 23.7 Å². The van der Waals surface area contributed by atoms with Crippen molar-refractivity contribution in [3.05, 3.63) is 59.5 Å². The summed E-state index contributed by atoms with van der Waals surface area (Å²) in [5.74, 6) is 8.48. The molecule has 4 N–H and O–H groups in total. The molecule has 1 aromatic carbocycles. The number of hydroxylamine groups is 1. The summed E-state index contributed by atoms with van der Waals surface area (Å²) < 4.78 is 30.9. The van der Waals surface area contributed by atoms with Crippen LogP contribution in [0.25, 0.3) is 0 Å². The van der Waals surface area contributed by atoms with Gasteiger partial charge in [-0.2, -0.15) is 0 Å². The quantitative estimate of drug-likeness (QED) is 0.342. The van der Waals surface area contributed by atoms with Crippen molar-refractivity contribution < 1.29 is 33.1 Å². The van der Waals surface area contributed by atoms with E-state index >= 15 is 0 Å². The van der Waals surface area contributed by atoms with E-state index in [2.05, 4.69) is 23.7 Å². The third kappa shape index (κ3) is 5.66. The second kappa shape index (κ2) is 9.51. The van der Waals surface area contributed by atoms with E-state index in [9.17, 15) is 23.5 Å². The van der Waals surface area contributed by atoms with E-state index in [0.29, 0.717) is 18.1 Å². The molecule has 0 saturated heterocycles. The Morgan fingerprint density at radius 2 is 1.72 bits per heavy atom. The number of aliphatic hydroxyl groups is 1. The molecule has 0 bridgehead atoms. The van der Waals surface area contributed by atoms with Gasteiger partial charge in [0.25, 0.3) is 18.2 Å². The summed E-state index contributed by atoms with van der Waals surface area (Å²) in [6, 6.07) is 5.29. The number of rotatable bonds is 5. The molecule has 0 radical (unpaired) electrons. The molecular weight excluding hydrogens is 386 g/mol. The summed E-state index contributed by atoms with van der Waals surface area (Å²) in [4.78, 5) is 23.9. The fraction of sp³-hybridized carbons (Fsp3) is 0.200. The van der Waals surface area contributed by atoms with Crippen LogP contribution in [0.5, 0.6) is 0 Å². The first-order valence-electron chi connectivity index (χ1n) is 8.15. The van der Waals surface area contributed by atoms with Gasteiger partial charge in [-0.25, -0.2) is 14.3 Å². The Morgan fingerprint density at radius 3 is 2.24 bits per heavy atom. The van der Waals surface area contributed by atoms with Crippen molar-refractivity contribution in [2.45, 2.75) is 25.0 Å². The van der Waals surface area contributed by atoms with Crippen LogP contribution in [0.2, 0.25) is 0 Å². The number of nitrogens with one attached hydrogen (secondary N) is 2. The van der Waals surface area contributed by atoms with E-state index in [4.69, 9.17) is 9.62 Å². The molecule has 0 aliphatic rings. The minimum Gasteiger partial charge on any atom is -0.471 e. The van der Waals surface area contributed by atoms with E-state index in [1.54, 1.807) is 6.07 Å². The second-order valence-corrected chi connectivity index (χ2v) is 6.00. The Morgan fingerprint density at radius 1 is 1.10 bits per heavy atom. The van der Waals surface area contributed by atoms with Crippen molar-refractivity contribution in [3.63, 3.8) is 0 Å². The molecular formula is C20H16F2N2O5. The molecule has 150 valence electrons. The maximum Gasteiger partial charge on any atom is 0.269 e. The number of carbonyl (C=O) groups is 2. The number of carbonyl (C=O) groups excluding carboxylic acids is 2. The summed E-state index contributed by atoms with van der Waals surface area (Å²) >= 11 is 0. The average molecular weight is 402 g/mol. The van der Waals surface area contributed by atoms with Gasteiger partial charge in [0.2, 0.25) is 0 Å². The van der Waals surface area contributed by atoms with Crippen molar-refractivity contribution in [2.75, 3.05) is 0 Å². The predicted octanol–water partition coefficient (Wildman–Crippen LogP) is 1.30. The maximum absolute atomic E-state index is 13.0. The van der Waals surface area contributed by atoms with Gasteiger partial charge in [0.15, 0.2) is 5.60 Å². The number of alkyl halides is 2. The first kappa shape index (κ1) is 21.6. The van der Waals surface area contributed by atoms with Gasteiger partial charge >= 0.3 is 0 Å². The van der Waals surface area contributed by atoms with E-state index < -0.39 is 29.9 Å². The summed E-state index contributed by atoms with van der Waals surface area (Å²) in [6.07, 6.45) is -0.403. The van der Waals surface area contributed by atoms with Gasteiger partial charge in [-0.15, -0.1) is 0 Å². The predicted molar refractivity (Wildman–Crippen MR) is 96.7 cm³/mol. The van der Waals surface area contributed by atoms with Gasteiger partial charge in [0.1, 0.15) is 12.3 Å². The Bertz CT molecular complexity index is 978.